The molecule has 0 spiro atoms. The summed E-state index contributed by atoms with van der Waals surface area (Å²) >= 11 is 3.35. The van der Waals surface area contributed by atoms with Gasteiger partial charge in [0.15, 0.2) is 5.82 Å². The van der Waals surface area contributed by atoms with Gasteiger partial charge in [-0.15, -0.1) is 0 Å². The Morgan fingerprint density at radius 1 is 1.45 bits per heavy atom. The lowest BCUT2D eigenvalue weighted by atomic mass is 10.2. The molecule has 3 rings (SSSR count). The molecule has 1 atom stereocenters. The average molecular weight is 311 g/mol. The molecule has 1 fully saturated rings. The largest absolute Gasteiger partial charge is 0.378 e. The SMILES string of the molecule is CNc1snc(C)c1-c1nc(C2CSCCN2C)no1. The number of rotatable bonds is 3. The number of aryl methyl sites for hydroxylation is 1. The van der Waals surface area contributed by atoms with Crippen LogP contribution in [0.5, 0.6) is 0 Å². The van der Waals surface area contributed by atoms with Gasteiger partial charge in [-0.1, -0.05) is 5.16 Å². The second-order valence-corrected chi connectivity index (χ2v) is 6.67. The Hall–Kier alpha value is -1.12. The van der Waals surface area contributed by atoms with Gasteiger partial charge in [0, 0.05) is 25.1 Å². The molecule has 0 radical (unpaired) electrons. The number of nitrogens with one attached hydrogen (secondary N) is 1. The maximum Gasteiger partial charge on any atom is 0.262 e. The summed E-state index contributed by atoms with van der Waals surface area (Å²) in [6.45, 7) is 3.01. The van der Waals surface area contributed by atoms with Gasteiger partial charge in [-0.3, -0.25) is 4.90 Å². The summed E-state index contributed by atoms with van der Waals surface area (Å²) < 4.78 is 9.80. The molecule has 1 unspecified atom stereocenters. The van der Waals surface area contributed by atoms with Gasteiger partial charge in [0.1, 0.15) is 5.00 Å². The highest BCUT2D eigenvalue weighted by molar-refractivity contribution is 7.99. The summed E-state index contributed by atoms with van der Waals surface area (Å²) in [5.74, 6) is 3.49. The fourth-order valence-electron chi connectivity index (χ4n) is 2.22. The molecule has 1 aliphatic rings. The van der Waals surface area contributed by atoms with Gasteiger partial charge in [-0.25, -0.2) is 0 Å². The maximum absolute atomic E-state index is 5.46. The fourth-order valence-corrected chi connectivity index (χ4v) is 4.17. The normalized spacial score (nSPS) is 20.2. The monoisotopic (exact) mass is 311 g/mol. The van der Waals surface area contributed by atoms with Crippen molar-refractivity contribution in [1.29, 1.82) is 0 Å². The van der Waals surface area contributed by atoms with Crippen LogP contribution in [0.1, 0.15) is 17.6 Å². The Morgan fingerprint density at radius 3 is 3.05 bits per heavy atom. The highest BCUT2D eigenvalue weighted by Crippen LogP contribution is 2.34. The lowest BCUT2D eigenvalue weighted by molar-refractivity contribution is 0.257. The average Bonchev–Trinajstić information content (AvgIpc) is 3.05. The van der Waals surface area contributed by atoms with Crippen LogP contribution in [0.15, 0.2) is 4.52 Å². The van der Waals surface area contributed by atoms with E-state index in [4.69, 9.17) is 4.52 Å². The van der Waals surface area contributed by atoms with Crippen LogP contribution in [0.25, 0.3) is 11.5 Å². The van der Waals surface area contributed by atoms with Crippen LogP contribution in [0, 0.1) is 6.92 Å². The Labute approximate surface area is 126 Å². The third-order valence-electron chi connectivity index (χ3n) is 3.44. The molecule has 108 valence electrons. The molecule has 0 saturated carbocycles. The van der Waals surface area contributed by atoms with Gasteiger partial charge in [-0.2, -0.15) is 21.1 Å². The molecule has 3 heterocycles. The first kappa shape index (κ1) is 13.8. The van der Waals surface area contributed by atoms with E-state index in [1.165, 1.54) is 11.5 Å². The Morgan fingerprint density at radius 2 is 2.30 bits per heavy atom. The molecule has 8 heteroatoms. The summed E-state index contributed by atoms with van der Waals surface area (Å²) in [7, 11) is 3.98. The second-order valence-electron chi connectivity index (χ2n) is 4.75. The van der Waals surface area contributed by atoms with Gasteiger partial charge in [-0.05, 0) is 25.5 Å². The highest BCUT2D eigenvalue weighted by Gasteiger charge is 2.27. The van der Waals surface area contributed by atoms with Crippen molar-refractivity contribution < 1.29 is 4.52 Å². The topological polar surface area (TPSA) is 67.1 Å². The molecular formula is C12H17N5OS2. The zero-order valence-corrected chi connectivity index (χ0v) is 13.3. The predicted molar refractivity (Wildman–Crippen MR) is 82.4 cm³/mol. The van der Waals surface area contributed by atoms with Gasteiger partial charge in [0.25, 0.3) is 5.89 Å². The predicted octanol–water partition coefficient (Wildman–Crippen LogP) is 2.26. The Bertz CT molecular complexity index is 596. The van der Waals surface area contributed by atoms with Crippen LogP contribution in [0.2, 0.25) is 0 Å². The van der Waals surface area contributed by atoms with Gasteiger partial charge in [0.2, 0.25) is 0 Å². The van der Waals surface area contributed by atoms with Crippen molar-refractivity contribution in [3.63, 3.8) is 0 Å². The maximum atomic E-state index is 5.46. The van der Waals surface area contributed by atoms with Crippen LogP contribution in [0.4, 0.5) is 5.00 Å². The highest BCUT2D eigenvalue weighted by atomic mass is 32.2. The summed E-state index contributed by atoms with van der Waals surface area (Å²) in [5.41, 5.74) is 1.84. The number of aromatic nitrogens is 3. The number of hydrogen-bond donors (Lipinski definition) is 1. The lowest BCUT2D eigenvalue weighted by Gasteiger charge is -2.29. The van der Waals surface area contributed by atoms with E-state index in [-0.39, 0.29) is 6.04 Å². The van der Waals surface area contributed by atoms with E-state index in [0.717, 1.165) is 40.1 Å². The van der Waals surface area contributed by atoms with E-state index in [2.05, 4.69) is 31.8 Å². The number of anilines is 1. The minimum atomic E-state index is 0.233. The van der Waals surface area contributed by atoms with E-state index in [9.17, 15) is 0 Å². The van der Waals surface area contributed by atoms with Crippen molar-refractivity contribution >= 4 is 28.3 Å². The van der Waals surface area contributed by atoms with E-state index in [1.54, 1.807) is 0 Å². The van der Waals surface area contributed by atoms with Gasteiger partial charge >= 0.3 is 0 Å². The van der Waals surface area contributed by atoms with Crippen LogP contribution < -0.4 is 5.32 Å². The van der Waals surface area contributed by atoms with Crippen molar-refractivity contribution in [2.45, 2.75) is 13.0 Å². The van der Waals surface area contributed by atoms with Crippen molar-refractivity contribution in [1.82, 2.24) is 19.4 Å². The van der Waals surface area contributed by atoms with Crippen LogP contribution in [0.3, 0.4) is 0 Å². The zero-order chi connectivity index (χ0) is 14.1. The summed E-state index contributed by atoms with van der Waals surface area (Å²) in [5, 5.41) is 8.26. The Kier molecular flexibility index (Phi) is 3.95. The molecule has 2 aromatic heterocycles. The molecular weight excluding hydrogens is 294 g/mol. The molecule has 1 aliphatic heterocycles. The van der Waals surface area contributed by atoms with E-state index >= 15 is 0 Å². The van der Waals surface area contributed by atoms with Crippen molar-refractivity contribution in [3.05, 3.63) is 11.5 Å². The third-order valence-corrected chi connectivity index (χ3v) is 5.42. The summed E-state index contributed by atoms with van der Waals surface area (Å²) in [4.78, 5) is 6.87. The molecule has 0 bridgehead atoms. The molecule has 1 N–H and O–H groups in total. The first-order valence-corrected chi connectivity index (χ1v) is 8.39. The van der Waals surface area contributed by atoms with Crippen LogP contribution >= 0.6 is 23.3 Å². The fraction of sp³-hybridized carbons (Fsp3) is 0.583. The number of hydrogen-bond acceptors (Lipinski definition) is 8. The standard InChI is InChI=1S/C12H17N5OS2/c1-7-9(12(13-2)20-16-7)11-14-10(15-18-11)8-6-19-5-4-17(8)3/h8,13H,4-6H2,1-3H3. The quantitative estimate of drug-likeness (QED) is 0.932. The summed E-state index contributed by atoms with van der Waals surface area (Å²) in [6.07, 6.45) is 0. The Balaban J connectivity index is 1.91. The molecule has 1 saturated heterocycles. The van der Waals surface area contributed by atoms with E-state index in [0.29, 0.717) is 5.89 Å². The first-order valence-electron chi connectivity index (χ1n) is 6.46. The van der Waals surface area contributed by atoms with Gasteiger partial charge < -0.3 is 9.84 Å². The van der Waals surface area contributed by atoms with Gasteiger partial charge in [0.05, 0.1) is 17.3 Å². The van der Waals surface area contributed by atoms with Crippen molar-refractivity contribution in [2.24, 2.45) is 0 Å². The molecule has 6 nitrogen and oxygen atoms in total. The van der Waals surface area contributed by atoms with Crippen LogP contribution in [-0.4, -0.2) is 51.6 Å². The van der Waals surface area contributed by atoms with Crippen molar-refractivity contribution in [3.8, 4) is 11.5 Å². The van der Waals surface area contributed by atoms with Crippen molar-refractivity contribution in [2.75, 3.05) is 37.5 Å². The van der Waals surface area contributed by atoms with Crippen LogP contribution in [-0.2, 0) is 0 Å². The minimum absolute atomic E-state index is 0.233. The zero-order valence-electron chi connectivity index (χ0n) is 11.7. The number of thioether (sulfide) groups is 1. The molecule has 0 amide bonds. The first-order chi connectivity index (χ1) is 9.70. The van der Waals surface area contributed by atoms with E-state index in [1.807, 2.05) is 25.7 Å². The lowest BCUT2D eigenvalue weighted by Crippen LogP contribution is -2.33. The molecule has 0 aliphatic carbocycles. The second kappa shape index (κ2) is 5.71. The molecule has 20 heavy (non-hydrogen) atoms. The third kappa shape index (κ3) is 2.43. The minimum Gasteiger partial charge on any atom is -0.378 e. The molecule has 0 aromatic carbocycles. The molecule has 2 aromatic rings. The smallest absolute Gasteiger partial charge is 0.262 e. The van der Waals surface area contributed by atoms with E-state index < -0.39 is 0 Å². The summed E-state index contributed by atoms with van der Waals surface area (Å²) in [6, 6.07) is 0.233. The number of nitrogens with zero attached hydrogens (tertiary/aromatic N) is 4.